The Labute approximate surface area is 322 Å². The van der Waals surface area contributed by atoms with Crippen LogP contribution < -0.4 is 39.6 Å². The molecule has 0 aliphatic heterocycles. The molecule has 0 saturated carbocycles. The molecule has 5 rings (SSSR count). The summed E-state index contributed by atoms with van der Waals surface area (Å²) in [5.41, 5.74) is 2.27. The zero-order chi connectivity index (χ0) is 38.6. The fourth-order valence-corrected chi connectivity index (χ4v) is 6.63. The summed E-state index contributed by atoms with van der Waals surface area (Å²) in [4.78, 5) is 41.9. The third kappa shape index (κ3) is 9.65. The fourth-order valence-electron chi connectivity index (χ4n) is 5.30. The molecule has 0 aliphatic rings. The molecule has 54 heavy (non-hydrogen) atoms. The predicted octanol–water partition coefficient (Wildman–Crippen LogP) is 8.26. The number of benzene rings is 5. The van der Waals surface area contributed by atoms with Crippen LogP contribution in [0.15, 0.2) is 120 Å². The molecule has 0 saturated heterocycles. The number of hydrogen-bond acceptors (Lipinski definition) is 9. The molecule has 0 fully saturated rings. The maximum Gasteiger partial charge on any atom is 0.272 e. The first kappa shape index (κ1) is 39.1. The number of halogens is 1. The van der Waals surface area contributed by atoms with E-state index in [0.29, 0.717) is 61.2 Å². The molecular formula is C41H38ClN3O8S. The van der Waals surface area contributed by atoms with Crippen molar-refractivity contribution in [1.29, 1.82) is 0 Å². The number of carbonyl (C=O) groups is 3. The predicted molar refractivity (Wildman–Crippen MR) is 211 cm³/mol. The van der Waals surface area contributed by atoms with Crippen LogP contribution in [0.3, 0.4) is 0 Å². The van der Waals surface area contributed by atoms with Crippen molar-refractivity contribution in [2.24, 2.45) is 0 Å². The highest BCUT2D eigenvalue weighted by molar-refractivity contribution is 8.00. The van der Waals surface area contributed by atoms with Crippen molar-refractivity contribution in [3.05, 3.63) is 137 Å². The van der Waals surface area contributed by atoms with Crippen LogP contribution in [0.5, 0.6) is 28.7 Å². The molecule has 0 bridgehead atoms. The number of methoxy groups -OCH3 is 5. The van der Waals surface area contributed by atoms with E-state index < -0.39 is 17.1 Å². The average molecular weight is 768 g/mol. The third-order valence-corrected chi connectivity index (χ3v) is 9.53. The van der Waals surface area contributed by atoms with Gasteiger partial charge in [-0.2, -0.15) is 0 Å². The lowest BCUT2D eigenvalue weighted by Crippen LogP contribution is -2.30. The molecule has 0 spiro atoms. The first-order valence-corrected chi connectivity index (χ1v) is 17.7. The van der Waals surface area contributed by atoms with Gasteiger partial charge in [0, 0.05) is 33.8 Å². The molecule has 0 heterocycles. The lowest BCUT2D eigenvalue weighted by molar-refractivity contribution is -0.116. The number of amides is 3. The van der Waals surface area contributed by atoms with Crippen LogP contribution in [-0.2, 0) is 9.59 Å². The first-order valence-electron chi connectivity index (χ1n) is 16.4. The minimum Gasteiger partial charge on any atom is -0.496 e. The molecule has 5 aromatic rings. The van der Waals surface area contributed by atoms with Crippen molar-refractivity contribution < 1.29 is 38.1 Å². The summed E-state index contributed by atoms with van der Waals surface area (Å²) >= 11 is 7.66. The van der Waals surface area contributed by atoms with Gasteiger partial charge in [-0.15, -0.1) is 11.8 Å². The summed E-state index contributed by atoms with van der Waals surface area (Å²) in [6, 6.07) is 31.3. The molecule has 0 radical (unpaired) electrons. The van der Waals surface area contributed by atoms with Gasteiger partial charge in [-0.25, -0.2) is 0 Å². The van der Waals surface area contributed by atoms with Gasteiger partial charge in [0.05, 0.1) is 46.3 Å². The van der Waals surface area contributed by atoms with Crippen LogP contribution in [-0.4, -0.2) is 53.3 Å². The van der Waals surface area contributed by atoms with Gasteiger partial charge in [0.25, 0.3) is 11.8 Å². The zero-order valence-electron chi connectivity index (χ0n) is 30.1. The molecule has 13 heteroatoms. The Kier molecular flexibility index (Phi) is 13.5. The first-order chi connectivity index (χ1) is 26.2. The van der Waals surface area contributed by atoms with Gasteiger partial charge >= 0.3 is 0 Å². The Bertz CT molecular complexity index is 2150. The largest absolute Gasteiger partial charge is 0.496 e. The van der Waals surface area contributed by atoms with E-state index in [4.69, 9.17) is 35.3 Å². The second-order valence-corrected chi connectivity index (χ2v) is 13.0. The third-order valence-electron chi connectivity index (χ3n) is 7.98. The summed E-state index contributed by atoms with van der Waals surface area (Å²) < 4.78 is 27.2. The van der Waals surface area contributed by atoms with Crippen molar-refractivity contribution in [3.8, 4) is 28.7 Å². The van der Waals surface area contributed by atoms with Crippen LogP contribution in [0.2, 0.25) is 5.02 Å². The van der Waals surface area contributed by atoms with E-state index in [1.807, 2.05) is 36.4 Å². The lowest BCUT2D eigenvalue weighted by Gasteiger charge is -2.19. The van der Waals surface area contributed by atoms with Crippen LogP contribution >= 0.6 is 23.4 Å². The summed E-state index contributed by atoms with van der Waals surface area (Å²) in [7, 11) is 7.45. The molecule has 278 valence electrons. The quantitative estimate of drug-likeness (QED) is 0.0711. The van der Waals surface area contributed by atoms with Gasteiger partial charge in [-0.05, 0) is 54.1 Å². The summed E-state index contributed by atoms with van der Waals surface area (Å²) in [6.45, 7) is 0. The fraction of sp³-hybridized carbons (Fsp3) is 0.146. The number of ether oxygens (including phenoxy) is 5. The van der Waals surface area contributed by atoms with Crippen LogP contribution in [0.1, 0.15) is 26.7 Å². The van der Waals surface area contributed by atoms with E-state index >= 15 is 0 Å². The highest BCUT2D eigenvalue weighted by Gasteiger charge is 2.25. The summed E-state index contributed by atoms with van der Waals surface area (Å²) in [6.07, 6.45) is 1.49. The Morgan fingerprint density at radius 1 is 0.648 bits per heavy atom. The SMILES string of the molecule is COc1cc(OC)c(NC(=O)C(Sc2cccc(NC(=O)/C(=C\c3cc(OC)c(OC)cc3OC)NC(=O)c3ccccc3)c2)c2ccccc2)cc1Cl. The molecule has 1 atom stereocenters. The van der Waals surface area contributed by atoms with E-state index in [0.717, 1.165) is 5.56 Å². The summed E-state index contributed by atoms with van der Waals surface area (Å²) in [5.74, 6) is 0.540. The zero-order valence-corrected chi connectivity index (χ0v) is 31.7. The van der Waals surface area contributed by atoms with Gasteiger partial charge in [0.15, 0.2) is 11.5 Å². The number of carbonyl (C=O) groups excluding carboxylic acids is 3. The van der Waals surface area contributed by atoms with Crippen molar-refractivity contribution in [2.75, 3.05) is 46.2 Å². The molecular weight excluding hydrogens is 730 g/mol. The van der Waals surface area contributed by atoms with Crippen molar-refractivity contribution in [3.63, 3.8) is 0 Å². The Morgan fingerprint density at radius 3 is 1.91 bits per heavy atom. The van der Waals surface area contributed by atoms with E-state index in [1.165, 1.54) is 53.4 Å². The van der Waals surface area contributed by atoms with Crippen molar-refractivity contribution >= 4 is 58.5 Å². The number of hydrogen-bond donors (Lipinski definition) is 3. The molecule has 3 N–H and O–H groups in total. The minimum atomic E-state index is -0.721. The Balaban J connectivity index is 1.45. The molecule has 0 aromatic heterocycles. The van der Waals surface area contributed by atoms with Crippen LogP contribution in [0, 0.1) is 0 Å². The lowest BCUT2D eigenvalue weighted by atomic mass is 10.1. The molecule has 11 nitrogen and oxygen atoms in total. The maximum atomic E-state index is 14.0. The maximum absolute atomic E-state index is 14.0. The molecule has 0 aliphatic carbocycles. The molecule has 3 amide bonds. The average Bonchev–Trinajstić information content (AvgIpc) is 3.20. The Hall–Kier alpha value is -6.11. The highest BCUT2D eigenvalue weighted by Crippen LogP contribution is 2.40. The Morgan fingerprint density at radius 2 is 1.26 bits per heavy atom. The van der Waals surface area contributed by atoms with Gasteiger partial charge in [0.1, 0.15) is 28.2 Å². The van der Waals surface area contributed by atoms with Gasteiger partial charge in [0.2, 0.25) is 5.91 Å². The smallest absolute Gasteiger partial charge is 0.272 e. The monoisotopic (exact) mass is 767 g/mol. The molecule has 1 unspecified atom stereocenters. The minimum absolute atomic E-state index is 0.0685. The number of rotatable bonds is 15. The topological polar surface area (TPSA) is 133 Å². The highest BCUT2D eigenvalue weighted by atomic mass is 35.5. The van der Waals surface area contributed by atoms with Crippen molar-refractivity contribution in [1.82, 2.24) is 5.32 Å². The van der Waals surface area contributed by atoms with Crippen molar-refractivity contribution in [2.45, 2.75) is 10.1 Å². The van der Waals surface area contributed by atoms with E-state index in [1.54, 1.807) is 72.8 Å². The standard InChI is InChI=1S/C41H38ClN3O8S/c1-49-33-23-37(53-5)36(52-4)20-27(33)19-32(45-39(46)26-15-10-7-11-16-26)40(47)43-28-17-12-18-29(21-28)54-38(25-13-8-6-9-14-25)41(48)44-31-22-30(42)34(50-2)24-35(31)51-3/h6-24,38H,1-5H3,(H,43,47)(H,44,48)(H,45,46)/b32-19+. The second kappa shape index (κ2) is 18.6. The second-order valence-electron chi connectivity index (χ2n) is 11.4. The molecule has 5 aromatic carbocycles. The number of thioether (sulfide) groups is 1. The van der Waals surface area contributed by atoms with E-state index in [2.05, 4.69) is 16.0 Å². The van der Waals surface area contributed by atoms with Crippen LogP contribution in [0.4, 0.5) is 11.4 Å². The van der Waals surface area contributed by atoms with Crippen LogP contribution in [0.25, 0.3) is 6.08 Å². The van der Waals surface area contributed by atoms with E-state index in [-0.39, 0.29) is 11.6 Å². The van der Waals surface area contributed by atoms with E-state index in [9.17, 15) is 14.4 Å². The summed E-state index contributed by atoms with van der Waals surface area (Å²) in [5, 5.41) is 8.16. The number of nitrogens with one attached hydrogen (secondary N) is 3. The number of anilines is 2. The van der Waals surface area contributed by atoms with Gasteiger partial charge in [-0.1, -0.05) is 66.2 Å². The van der Waals surface area contributed by atoms with Gasteiger partial charge in [-0.3, -0.25) is 14.4 Å². The normalized spacial score (nSPS) is 11.5. The van der Waals surface area contributed by atoms with Gasteiger partial charge < -0.3 is 39.6 Å².